The van der Waals surface area contributed by atoms with E-state index < -0.39 is 5.97 Å². The number of ether oxygens (including phenoxy) is 3. The second kappa shape index (κ2) is 22.2. The van der Waals surface area contributed by atoms with Crippen molar-refractivity contribution >= 4 is 29.8 Å². The van der Waals surface area contributed by atoms with Crippen LogP contribution in [0.5, 0.6) is 11.5 Å². The predicted octanol–water partition coefficient (Wildman–Crippen LogP) is 10.2. The lowest BCUT2D eigenvalue weighted by atomic mass is 10.1. The fraction of sp³-hybridized carbons (Fsp3) is 0.463. The molecule has 0 atom stereocenters. The summed E-state index contributed by atoms with van der Waals surface area (Å²) in [6.07, 6.45) is 20.0. The fourth-order valence-electron chi connectivity index (χ4n) is 5.41. The number of likely N-dealkylation sites (tertiary alicyclic amines) is 1. The summed E-state index contributed by atoms with van der Waals surface area (Å²) in [7, 11) is 1.53. The number of thioether (sulfide) groups is 1. The molecule has 0 saturated carbocycles. The molecule has 0 N–H and O–H groups in total. The number of piperidine rings is 1. The Kier molecular flexibility index (Phi) is 18.0. The SMILES string of the molecule is COc1cc(/C=C/C(=O)OCCCCN2CCCCC2)ccc1OC(=O)c1ccccc1SC/C=C(\C)CC/C=C(\C)CCC=C(C)C. The number of hydrogen-bond acceptors (Lipinski definition) is 7. The fourth-order valence-corrected chi connectivity index (χ4v) is 6.44. The minimum absolute atomic E-state index is 0.315. The van der Waals surface area contributed by atoms with E-state index in [2.05, 4.69) is 50.8 Å². The van der Waals surface area contributed by atoms with Crippen molar-refractivity contribution in [2.75, 3.05) is 39.1 Å². The zero-order valence-corrected chi connectivity index (χ0v) is 30.5. The van der Waals surface area contributed by atoms with Gasteiger partial charge in [0.25, 0.3) is 0 Å². The highest BCUT2D eigenvalue weighted by Crippen LogP contribution is 2.31. The van der Waals surface area contributed by atoms with Gasteiger partial charge in [-0.05, 0) is 135 Å². The Balaban J connectivity index is 1.47. The molecule has 1 saturated heterocycles. The summed E-state index contributed by atoms with van der Waals surface area (Å²) in [5.41, 5.74) is 5.39. The van der Waals surface area contributed by atoms with Gasteiger partial charge in [0, 0.05) is 16.7 Å². The van der Waals surface area contributed by atoms with Crippen molar-refractivity contribution in [1.82, 2.24) is 4.90 Å². The van der Waals surface area contributed by atoms with E-state index in [-0.39, 0.29) is 5.97 Å². The van der Waals surface area contributed by atoms with E-state index in [0.717, 1.165) is 61.3 Å². The second-order valence-corrected chi connectivity index (χ2v) is 13.7. The van der Waals surface area contributed by atoms with Crippen molar-refractivity contribution in [2.45, 2.75) is 90.4 Å². The lowest BCUT2D eigenvalue weighted by Gasteiger charge is -2.26. The van der Waals surface area contributed by atoms with Crippen LogP contribution in [0.2, 0.25) is 0 Å². The van der Waals surface area contributed by atoms with Gasteiger partial charge in [-0.25, -0.2) is 9.59 Å². The van der Waals surface area contributed by atoms with Gasteiger partial charge in [0.15, 0.2) is 11.5 Å². The van der Waals surface area contributed by atoms with E-state index in [1.54, 1.807) is 42.1 Å². The minimum Gasteiger partial charge on any atom is -0.493 e. The molecule has 0 radical (unpaired) electrons. The molecule has 1 heterocycles. The number of nitrogens with zero attached hydrogens (tertiary/aromatic N) is 1. The summed E-state index contributed by atoms with van der Waals surface area (Å²) in [6, 6.07) is 12.7. The average Bonchev–Trinajstić information content (AvgIpc) is 3.08. The maximum atomic E-state index is 13.3. The molecule has 2 aromatic carbocycles. The quantitative estimate of drug-likeness (QED) is 0.0367. The zero-order valence-electron chi connectivity index (χ0n) is 29.7. The summed E-state index contributed by atoms with van der Waals surface area (Å²) < 4.78 is 16.7. The van der Waals surface area contributed by atoms with E-state index in [4.69, 9.17) is 14.2 Å². The Bertz CT molecular complexity index is 1430. The van der Waals surface area contributed by atoms with E-state index in [0.29, 0.717) is 23.7 Å². The normalized spacial score (nSPS) is 14.2. The van der Waals surface area contributed by atoms with Crippen LogP contribution in [-0.4, -0.2) is 55.9 Å². The van der Waals surface area contributed by atoms with Crippen molar-refractivity contribution in [1.29, 1.82) is 0 Å². The topological polar surface area (TPSA) is 65.1 Å². The highest BCUT2D eigenvalue weighted by molar-refractivity contribution is 7.99. The molecule has 0 unspecified atom stereocenters. The maximum Gasteiger partial charge on any atom is 0.344 e. The van der Waals surface area contributed by atoms with Crippen LogP contribution in [-0.2, 0) is 9.53 Å². The summed E-state index contributed by atoms with van der Waals surface area (Å²) >= 11 is 1.62. The second-order valence-electron chi connectivity index (χ2n) is 12.7. The average molecular weight is 674 g/mol. The van der Waals surface area contributed by atoms with E-state index in [1.807, 2.05) is 18.2 Å². The third-order valence-electron chi connectivity index (χ3n) is 8.26. The lowest BCUT2D eigenvalue weighted by molar-refractivity contribution is -0.137. The number of hydrogen-bond donors (Lipinski definition) is 0. The standard InChI is InChI=1S/C41H55NO5S/c1-32(2)15-13-16-33(3)17-14-18-34(4)25-30-48-39-20-8-7-19-36(39)41(44)47-37-23-21-35(31-38(37)45-5)22-24-40(43)46-29-12-11-28-42-26-9-6-10-27-42/h7-8,15,17,19-25,31H,6,9-14,16,18,26-30H2,1-5H3/b24-22+,33-17+,34-25+. The molecule has 0 spiro atoms. The first-order chi connectivity index (χ1) is 23.2. The first kappa shape index (κ1) is 38.9. The highest BCUT2D eigenvalue weighted by atomic mass is 32.2. The number of rotatable bonds is 19. The van der Waals surface area contributed by atoms with Crippen molar-refractivity contribution in [3.63, 3.8) is 0 Å². The summed E-state index contributed by atoms with van der Waals surface area (Å²) in [5.74, 6) is 0.666. The molecule has 0 aromatic heterocycles. The number of esters is 2. The Labute approximate surface area is 293 Å². The van der Waals surface area contributed by atoms with Gasteiger partial charge >= 0.3 is 11.9 Å². The third kappa shape index (κ3) is 15.1. The van der Waals surface area contributed by atoms with Crippen LogP contribution in [0.25, 0.3) is 6.08 Å². The molecule has 0 bridgehead atoms. The molecular formula is C41H55NO5S. The Morgan fingerprint density at radius 2 is 1.58 bits per heavy atom. The Hall–Kier alpha value is -3.55. The first-order valence-electron chi connectivity index (χ1n) is 17.4. The van der Waals surface area contributed by atoms with Crippen LogP contribution >= 0.6 is 11.8 Å². The molecule has 0 amide bonds. The minimum atomic E-state index is -0.446. The van der Waals surface area contributed by atoms with E-state index >= 15 is 0 Å². The number of carbonyl (C=O) groups excluding carboxylic acids is 2. The molecule has 7 heteroatoms. The molecular weight excluding hydrogens is 619 g/mol. The maximum absolute atomic E-state index is 13.3. The van der Waals surface area contributed by atoms with Gasteiger partial charge in [0.1, 0.15) is 0 Å². The van der Waals surface area contributed by atoms with Crippen LogP contribution in [0.15, 0.2) is 88.4 Å². The van der Waals surface area contributed by atoms with Crippen LogP contribution in [0.4, 0.5) is 0 Å². The number of carbonyl (C=O) groups is 2. The molecule has 48 heavy (non-hydrogen) atoms. The molecule has 1 aliphatic heterocycles. The van der Waals surface area contributed by atoms with Gasteiger partial charge in [-0.1, -0.05) is 59.6 Å². The number of benzene rings is 2. The van der Waals surface area contributed by atoms with Gasteiger partial charge in [0.2, 0.25) is 0 Å². The van der Waals surface area contributed by atoms with Gasteiger partial charge in [-0.2, -0.15) is 0 Å². The van der Waals surface area contributed by atoms with E-state index in [9.17, 15) is 9.59 Å². The molecule has 6 nitrogen and oxygen atoms in total. The number of allylic oxidation sites excluding steroid dienone is 5. The monoisotopic (exact) mass is 673 g/mol. The van der Waals surface area contributed by atoms with E-state index in [1.165, 1.54) is 62.3 Å². The molecule has 1 fully saturated rings. The third-order valence-corrected chi connectivity index (χ3v) is 9.26. The predicted molar refractivity (Wildman–Crippen MR) is 200 cm³/mol. The largest absolute Gasteiger partial charge is 0.493 e. The van der Waals surface area contributed by atoms with Crippen molar-refractivity contribution in [2.24, 2.45) is 0 Å². The van der Waals surface area contributed by atoms with Gasteiger partial charge in [-0.15, -0.1) is 11.8 Å². The van der Waals surface area contributed by atoms with Crippen LogP contribution < -0.4 is 9.47 Å². The van der Waals surface area contributed by atoms with Gasteiger partial charge in [0.05, 0.1) is 19.3 Å². The number of methoxy groups -OCH3 is 1. The van der Waals surface area contributed by atoms with Gasteiger partial charge < -0.3 is 19.1 Å². The highest BCUT2D eigenvalue weighted by Gasteiger charge is 2.16. The smallest absolute Gasteiger partial charge is 0.344 e. The number of unbranched alkanes of at least 4 members (excludes halogenated alkanes) is 1. The molecule has 1 aliphatic rings. The van der Waals surface area contributed by atoms with Crippen LogP contribution in [0.3, 0.4) is 0 Å². The van der Waals surface area contributed by atoms with Gasteiger partial charge in [-0.3, -0.25) is 0 Å². The molecule has 2 aromatic rings. The molecule has 0 aliphatic carbocycles. The van der Waals surface area contributed by atoms with Crippen molar-refractivity contribution in [3.05, 3.63) is 94.6 Å². The lowest BCUT2D eigenvalue weighted by Crippen LogP contribution is -2.30. The Morgan fingerprint density at radius 1 is 0.854 bits per heavy atom. The van der Waals surface area contributed by atoms with Crippen molar-refractivity contribution < 1.29 is 23.8 Å². The summed E-state index contributed by atoms with van der Waals surface area (Å²) in [5, 5.41) is 0. The zero-order chi connectivity index (χ0) is 34.6. The molecule has 3 rings (SSSR count). The van der Waals surface area contributed by atoms with Crippen LogP contribution in [0, 0.1) is 0 Å². The van der Waals surface area contributed by atoms with Crippen molar-refractivity contribution in [3.8, 4) is 11.5 Å². The Morgan fingerprint density at radius 3 is 2.33 bits per heavy atom. The van der Waals surface area contributed by atoms with Crippen LogP contribution in [0.1, 0.15) is 101 Å². The summed E-state index contributed by atoms with van der Waals surface area (Å²) in [4.78, 5) is 28.9. The summed E-state index contributed by atoms with van der Waals surface area (Å²) in [6.45, 7) is 12.5. The first-order valence-corrected chi connectivity index (χ1v) is 18.4. The molecule has 260 valence electrons.